The Hall–Kier alpha value is -3.15. The second-order valence-corrected chi connectivity index (χ2v) is 6.02. The van der Waals surface area contributed by atoms with E-state index in [1.165, 1.54) is 0 Å². The highest BCUT2D eigenvalue weighted by atomic mass is 16.1. The molecule has 1 aromatic carbocycles. The fourth-order valence-electron chi connectivity index (χ4n) is 2.82. The van der Waals surface area contributed by atoms with Crippen LogP contribution in [-0.2, 0) is 6.54 Å². The van der Waals surface area contributed by atoms with Crippen molar-refractivity contribution >= 4 is 11.7 Å². The number of carbonyl (C=O) groups is 1. The number of pyridine rings is 1. The number of hydrogen-bond acceptors (Lipinski definition) is 4. The number of amides is 1. The maximum Gasteiger partial charge on any atom is 0.248 e. The van der Waals surface area contributed by atoms with Crippen LogP contribution in [0.2, 0.25) is 0 Å². The first-order valence-corrected chi connectivity index (χ1v) is 8.05. The number of primary amides is 1. The Kier molecular flexibility index (Phi) is 4.52. The number of nitrogens with zero attached hydrogens (tertiary/aromatic N) is 4. The van der Waals surface area contributed by atoms with E-state index in [-0.39, 0.29) is 0 Å². The fourth-order valence-corrected chi connectivity index (χ4v) is 2.82. The van der Waals surface area contributed by atoms with Gasteiger partial charge in [0.2, 0.25) is 5.91 Å². The van der Waals surface area contributed by atoms with Gasteiger partial charge in [-0.25, -0.2) is 9.67 Å². The summed E-state index contributed by atoms with van der Waals surface area (Å²) >= 11 is 0. The molecular formula is C19H21N5O. The molecule has 6 heteroatoms. The Labute approximate surface area is 146 Å². The van der Waals surface area contributed by atoms with E-state index in [4.69, 9.17) is 5.73 Å². The molecule has 0 fully saturated rings. The van der Waals surface area contributed by atoms with Crippen molar-refractivity contribution in [1.82, 2.24) is 14.8 Å². The third kappa shape index (κ3) is 3.38. The van der Waals surface area contributed by atoms with Crippen LogP contribution in [-0.4, -0.2) is 27.7 Å². The van der Waals surface area contributed by atoms with Crippen molar-refractivity contribution in [3.05, 3.63) is 71.2 Å². The van der Waals surface area contributed by atoms with Crippen molar-refractivity contribution < 1.29 is 4.79 Å². The standard InChI is InChI=1S/C19H21N5O/c1-13-17(14(2)24(22-13)16-7-5-4-6-8-16)12-23(3)18-11-15(19(20)25)9-10-21-18/h4-11H,12H2,1-3H3,(H2,20,25). The van der Waals surface area contributed by atoms with E-state index < -0.39 is 5.91 Å². The molecule has 0 radical (unpaired) electrons. The quantitative estimate of drug-likeness (QED) is 0.777. The van der Waals surface area contributed by atoms with Gasteiger partial charge in [0.1, 0.15) is 5.82 Å². The molecule has 0 spiro atoms. The van der Waals surface area contributed by atoms with Crippen LogP contribution < -0.4 is 10.6 Å². The number of nitrogens with two attached hydrogens (primary N) is 1. The van der Waals surface area contributed by atoms with Crippen LogP contribution in [0, 0.1) is 13.8 Å². The molecule has 3 rings (SSSR count). The largest absolute Gasteiger partial charge is 0.366 e. The molecule has 0 unspecified atom stereocenters. The molecule has 1 amide bonds. The van der Waals surface area contributed by atoms with Gasteiger partial charge in [-0.3, -0.25) is 4.79 Å². The van der Waals surface area contributed by atoms with Gasteiger partial charge in [-0.05, 0) is 38.1 Å². The van der Waals surface area contributed by atoms with Gasteiger partial charge in [0.15, 0.2) is 0 Å². The minimum atomic E-state index is -0.457. The number of anilines is 1. The Morgan fingerprint density at radius 2 is 1.92 bits per heavy atom. The molecule has 0 aliphatic heterocycles. The van der Waals surface area contributed by atoms with Gasteiger partial charge in [-0.1, -0.05) is 18.2 Å². The number of benzene rings is 1. The van der Waals surface area contributed by atoms with Crippen molar-refractivity contribution in [1.29, 1.82) is 0 Å². The molecule has 2 N–H and O–H groups in total. The first-order valence-electron chi connectivity index (χ1n) is 8.05. The second kappa shape index (κ2) is 6.76. The minimum Gasteiger partial charge on any atom is -0.366 e. The number of rotatable bonds is 5. The zero-order valence-corrected chi connectivity index (χ0v) is 14.6. The van der Waals surface area contributed by atoms with Crippen LogP contribution in [0.3, 0.4) is 0 Å². The zero-order chi connectivity index (χ0) is 18.0. The molecule has 0 saturated heterocycles. The topological polar surface area (TPSA) is 77.0 Å². The highest BCUT2D eigenvalue weighted by molar-refractivity contribution is 5.93. The van der Waals surface area contributed by atoms with Crippen LogP contribution >= 0.6 is 0 Å². The van der Waals surface area contributed by atoms with Crippen LogP contribution in [0.25, 0.3) is 5.69 Å². The third-order valence-electron chi connectivity index (χ3n) is 4.26. The number of carbonyl (C=O) groups excluding carboxylic acids is 1. The minimum absolute atomic E-state index is 0.449. The van der Waals surface area contributed by atoms with E-state index >= 15 is 0 Å². The molecule has 2 heterocycles. The van der Waals surface area contributed by atoms with E-state index in [2.05, 4.69) is 17.0 Å². The van der Waals surface area contributed by atoms with Gasteiger partial charge < -0.3 is 10.6 Å². The fraction of sp³-hybridized carbons (Fsp3) is 0.211. The van der Waals surface area contributed by atoms with Crippen molar-refractivity contribution in [2.45, 2.75) is 20.4 Å². The van der Waals surface area contributed by atoms with Gasteiger partial charge in [0, 0.05) is 36.6 Å². The van der Waals surface area contributed by atoms with Crippen LogP contribution in [0.1, 0.15) is 27.3 Å². The molecule has 0 aliphatic rings. The maximum absolute atomic E-state index is 11.4. The smallest absolute Gasteiger partial charge is 0.248 e. The number of para-hydroxylation sites is 1. The monoisotopic (exact) mass is 335 g/mol. The van der Waals surface area contributed by atoms with Gasteiger partial charge in [0.25, 0.3) is 0 Å². The lowest BCUT2D eigenvalue weighted by Crippen LogP contribution is -2.20. The lowest BCUT2D eigenvalue weighted by molar-refractivity contribution is 0.1000. The summed E-state index contributed by atoms with van der Waals surface area (Å²) in [5.41, 5.74) is 10.0. The van der Waals surface area contributed by atoms with Gasteiger partial charge >= 0.3 is 0 Å². The number of hydrogen-bond donors (Lipinski definition) is 1. The van der Waals surface area contributed by atoms with Gasteiger partial charge in [-0.15, -0.1) is 0 Å². The molecule has 2 aromatic heterocycles. The van der Waals surface area contributed by atoms with E-state index in [0.717, 1.165) is 22.6 Å². The van der Waals surface area contributed by atoms with Crippen molar-refractivity contribution in [2.24, 2.45) is 5.73 Å². The molecular weight excluding hydrogens is 314 g/mol. The second-order valence-electron chi connectivity index (χ2n) is 6.02. The molecule has 25 heavy (non-hydrogen) atoms. The SMILES string of the molecule is Cc1nn(-c2ccccc2)c(C)c1CN(C)c1cc(C(N)=O)ccn1. The molecule has 0 atom stereocenters. The average molecular weight is 335 g/mol. The maximum atomic E-state index is 11.4. The number of aryl methyl sites for hydroxylation is 1. The molecule has 0 bridgehead atoms. The number of aromatic nitrogens is 3. The predicted molar refractivity (Wildman–Crippen MR) is 97.9 cm³/mol. The van der Waals surface area contributed by atoms with Crippen molar-refractivity contribution in [3.63, 3.8) is 0 Å². The van der Waals surface area contributed by atoms with E-state index in [9.17, 15) is 4.79 Å². The summed E-state index contributed by atoms with van der Waals surface area (Å²) in [6.45, 7) is 4.70. The summed E-state index contributed by atoms with van der Waals surface area (Å²) in [5, 5.41) is 4.67. The summed E-state index contributed by atoms with van der Waals surface area (Å²) < 4.78 is 1.95. The normalized spacial score (nSPS) is 10.7. The average Bonchev–Trinajstić information content (AvgIpc) is 2.90. The first kappa shape index (κ1) is 16.7. The Morgan fingerprint density at radius 1 is 1.20 bits per heavy atom. The van der Waals surface area contributed by atoms with Crippen molar-refractivity contribution in [3.8, 4) is 5.69 Å². The summed E-state index contributed by atoms with van der Waals surface area (Å²) in [7, 11) is 1.94. The highest BCUT2D eigenvalue weighted by Crippen LogP contribution is 2.21. The van der Waals surface area contributed by atoms with E-state index in [0.29, 0.717) is 17.9 Å². The molecule has 0 saturated carbocycles. The van der Waals surface area contributed by atoms with Crippen LogP contribution in [0.5, 0.6) is 0 Å². The van der Waals surface area contributed by atoms with Gasteiger partial charge in [-0.2, -0.15) is 5.10 Å². The Morgan fingerprint density at radius 3 is 2.60 bits per heavy atom. The van der Waals surface area contributed by atoms with Gasteiger partial charge in [0.05, 0.1) is 11.4 Å². The summed E-state index contributed by atoms with van der Waals surface area (Å²) in [6.07, 6.45) is 1.60. The molecule has 0 aliphatic carbocycles. The Balaban J connectivity index is 1.89. The summed E-state index contributed by atoms with van der Waals surface area (Å²) in [5.74, 6) is 0.240. The highest BCUT2D eigenvalue weighted by Gasteiger charge is 2.15. The summed E-state index contributed by atoms with van der Waals surface area (Å²) in [4.78, 5) is 17.7. The lowest BCUT2D eigenvalue weighted by Gasteiger charge is -2.19. The van der Waals surface area contributed by atoms with Crippen LogP contribution in [0.15, 0.2) is 48.7 Å². The molecule has 3 aromatic rings. The Bertz CT molecular complexity index is 901. The molecule has 128 valence electrons. The van der Waals surface area contributed by atoms with E-state index in [1.54, 1.807) is 18.3 Å². The lowest BCUT2D eigenvalue weighted by atomic mass is 10.1. The van der Waals surface area contributed by atoms with E-state index in [1.807, 2.05) is 53.9 Å². The molecule has 6 nitrogen and oxygen atoms in total. The predicted octanol–water partition coefficient (Wildman–Crippen LogP) is 2.62. The van der Waals surface area contributed by atoms with Crippen LogP contribution in [0.4, 0.5) is 5.82 Å². The third-order valence-corrected chi connectivity index (χ3v) is 4.26. The summed E-state index contributed by atoms with van der Waals surface area (Å²) in [6, 6.07) is 13.4. The first-order chi connectivity index (χ1) is 12.0. The van der Waals surface area contributed by atoms with Crippen molar-refractivity contribution in [2.75, 3.05) is 11.9 Å². The zero-order valence-electron chi connectivity index (χ0n) is 14.6.